The number of pyridine rings is 1. The van der Waals surface area contributed by atoms with E-state index in [1.165, 1.54) is 24.7 Å². The molecule has 4 aromatic rings. The maximum Gasteiger partial charge on any atom is 2.00 e. The van der Waals surface area contributed by atoms with Gasteiger partial charge in [0.05, 0.1) is 31.9 Å². The van der Waals surface area contributed by atoms with Gasteiger partial charge in [0.25, 0.3) is 5.91 Å². The Morgan fingerprint density at radius 3 is 2.63 bits per heavy atom. The number of rotatable bonds is 10. The first kappa shape index (κ1) is 33.3. The van der Waals surface area contributed by atoms with E-state index >= 15 is 0 Å². The first-order chi connectivity index (χ1) is 20.0. The zero-order valence-electron chi connectivity index (χ0n) is 23.2. The van der Waals surface area contributed by atoms with Crippen LogP contribution >= 0.6 is 19.2 Å². The van der Waals surface area contributed by atoms with Crippen LogP contribution in [0.5, 0.6) is 0 Å². The van der Waals surface area contributed by atoms with Gasteiger partial charge >= 0.3 is 23.1 Å². The third-order valence-corrected chi connectivity index (χ3v) is 8.13. The van der Waals surface area contributed by atoms with Gasteiger partial charge < -0.3 is 28.9 Å². The topological polar surface area (TPSA) is 172 Å². The van der Waals surface area contributed by atoms with Crippen molar-refractivity contribution >= 4 is 53.8 Å². The quantitative estimate of drug-likeness (QED) is 0.153. The molecule has 18 heteroatoms. The average molecular weight is 646 g/mol. The summed E-state index contributed by atoms with van der Waals surface area (Å²) in [5.74, 6) is -2.32. The molecule has 1 N–H and O–H groups in total. The van der Waals surface area contributed by atoms with Crippen LogP contribution in [0.4, 0.5) is 14.5 Å². The molecule has 1 unspecified atom stereocenters. The zero-order valence-corrected chi connectivity index (χ0v) is 26.3. The number of ether oxygens (including phenoxy) is 1. The first-order valence-electron chi connectivity index (χ1n) is 13.1. The van der Waals surface area contributed by atoms with Gasteiger partial charge in [-0.05, 0) is 51.7 Å². The SMILES string of the molecule is CCOC1CCC(n2cc(NC(=O)c3csc(-c4cnn(C(C)OP(=O)([O-])[O-])c4)n3)c(-c3nc(F)ccc3F)n2)CC1.[Mg+2]. The molecule has 1 amide bonds. The molecule has 224 valence electrons. The number of nitrogens with zero attached hydrogens (tertiary/aromatic N) is 6. The third kappa shape index (κ3) is 8.10. The van der Waals surface area contributed by atoms with Gasteiger partial charge in [-0.2, -0.15) is 14.6 Å². The van der Waals surface area contributed by atoms with Crippen molar-refractivity contribution in [2.45, 2.75) is 57.9 Å². The summed E-state index contributed by atoms with van der Waals surface area (Å²) < 4.78 is 52.5. The molecule has 0 aromatic carbocycles. The summed E-state index contributed by atoms with van der Waals surface area (Å²) in [6, 6.07) is 1.81. The van der Waals surface area contributed by atoms with Crippen LogP contribution in [0.3, 0.4) is 0 Å². The molecule has 0 spiro atoms. The van der Waals surface area contributed by atoms with E-state index in [2.05, 4.69) is 30.0 Å². The number of aromatic nitrogens is 6. The predicted octanol–water partition coefficient (Wildman–Crippen LogP) is 3.30. The van der Waals surface area contributed by atoms with Crippen molar-refractivity contribution in [2.24, 2.45) is 0 Å². The normalized spacial score (nSPS) is 17.8. The zero-order chi connectivity index (χ0) is 30.0. The second kappa shape index (κ2) is 14.0. The molecule has 1 aliphatic carbocycles. The Labute approximate surface area is 265 Å². The number of hydrogen-bond acceptors (Lipinski definition) is 11. The van der Waals surface area contributed by atoms with Crippen molar-refractivity contribution in [1.82, 2.24) is 29.5 Å². The van der Waals surface area contributed by atoms with E-state index < -0.39 is 31.7 Å². The monoisotopic (exact) mass is 645 g/mol. The van der Waals surface area contributed by atoms with Crippen molar-refractivity contribution in [3.8, 4) is 22.0 Å². The van der Waals surface area contributed by atoms with Crippen LogP contribution in [-0.4, -0.2) is 71.2 Å². The van der Waals surface area contributed by atoms with E-state index in [0.29, 0.717) is 17.2 Å². The van der Waals surface area contributed by atoms with Crippen molar-refractivity contribution in [3.63, 3.8) is 0 Å². The molecule has 1 fully saturated rings. The van der Waals surface area contributed by atoms with Crippen LogP contribution in [0.15, 0.2) is 36.1 Å². The van der Waals surface area contributed by atoms with E-state index in [4.69, 9.17) is 4.74 Å². The van der Waals surface area contributed by atoms with Crippen molar-refractivity contribution < 1.29 is 37.2 Å². The second-order valence-electron chi connectivity index (χ2n) is 9.57. The molecule has 1 aliphatic rings. The van der Waals surface area contributed by atoms with Gasteiger partial charge in [-0.25, -0.2) is 19.0 Å². The van der Waals surface area contributed by atoms with Gasteiger partial charge in [-0.1, -0.05) is 0 Å². The Bertz CT molecular complexity index is 1620. The van der Waals surface area contributed by atoms with Crippen molar-refractivity contribution in [2.75, 3.05) is 11.9 Å². The number of amides is 1. The molecular weight excluding hydrogens is 620 g/mol. The molecule has 43 heavy (non-hydrogen) atoms. The molecule has 0 aliphatic heterocycles. The molecular formula is C25H26F2MgN7O6PS. The molecule has 4 heterocycles. The Morgan fingerprint density at radius 2 is 1.93 bits per heavy atom. The Kier molecular flexibility index (Phi) is 10.8. The standard InChI is InChI=1S/C25H28F2N7O6PS.Mg/c1-3-39-17-6-4-16(5-7-17)34-12-19(23(32-34)22-18(26)8-9-21(27)31-22)29-24(35)20-13-42-25(30-20)15-10-28-33(11-15)14(2)40-41(36,37)38;/h8-14,16-17H,3-7H2,1-2H3,(H,29,35)(H2,36,37,38);/q;+2/p-2. The van der Waals surface area contributed by atoms with Gasteiger partial charge in [0.2, 0.25) is 5.95 Å². The summed E-state index contributed by atoms with van der Waals surface area (Å²) in [4.78, 5) is 43.0. The smallest absolute Gasteiger partial charge is 0.790 e. The molecule has 0 radical (unpaired) electrons. The maximum absolute atomic E-state index is 14.7. The van der Waals surface area contributed by atoms with Crippen LogP contribution in [-0.2, 0) is 13.8 Å². The number of phosphoric ester groups is 1. The van der Waals surface area contributed by atoms with Crippen LogP contribution in [0, 0.1) is 11.8 Å². The van der Waals surface area contributed by atoms with Gasteiger partial charge in [0.1, 0.15) is 22.1 Å². The van der Waals surface area contributed by atoms with Crippen LogP contribution in [0.1, 0.15) is 62.3 Å². The van der Waals surface area contributed by atoms with E-state index in [0.717, 1.165) is 53.8 Å². The fourth-order valence-electron chi connectivity index (χ4n) is 4.72. The van der Waals surface area contributed by atoms with Crippen LogP contribution < -0.4 is 15.1 Å². The van der Waals surface area contributed by atoms with Gasteiger partial charge in [-0.3, -0.25) is 9.48 Å². The Morgan fingerprint density at radius 1 is 1.19 bits per heavy atom. The number of anilines is 1. The average Bonchev–Trinajstić information content (AvgIpc) is 3.70. The number of hydrogen-bond donors (Lipinski definition) is 1. The fourth-order valence-corrected chi connectivity index (χ4v) is 5.97. The van der Waals surface area contributed by atoms with Crippen LogP contribution in [0.2, 0.25) is 0 Å². The molecule has 1 atom stereocenters. The maximum atomic E-state index is 14.7. The third-order valence-electron chi connectivity index (χ3n) is 6.68. The number of nitrogens with one attached hydrogen (secondary N) is 1. The number of halogens is 2. The summed E-state index contributed by atoms with van der Waals surface area (Å²) in [5, 5.41) is 13.1. The van der Waals surface area contributed by atoms with Gasteiger partial charge in [0.15, 0.2) is 12.0 Å². The number of phosphoric acid groups is 1. The minimum absolute atomic E-state index is 0. The van der Waals surface area contributed by atoms with Crippen molar-refractivity contribution in [1.29, 1.82) is 0 Å². The molecule has 5 rings (SSSR count). The first-order valence-corrected chi connectivity index (χ1v) is 15.4. The predicted molar refractivity (Wildman–Crippen MR) is 149 cm³/mol. The number of carbonyl (C=O) groups is 1. The molecule has 0 bridgehead atoms. The number of thiazole rings is 1. The Balaban J connectivity index is 0.00000423. The van der Waals surface area contributed by atoms with E-state index in [1.807, 2.05) is 6.92 Å². The van der Waals surface area contributed by atoms with E-state index in [9.17, 15) is 27.9 Å². The summed E-state index contributed by atoms with van der Waals surface area (Å²) in [5.41, 5.74) is 0.252. The van der Waals surface area contributed by atoms with Crippen LogP contribution in [0.25, 0.3) is 22.0 Å². The minimum Gasteiger partial charge on any atom is -0.790 e. The Hall–Kier alpha value is -2.63. The van der Waals surface area contributed by atoms with E-state index in [-0.39, 0.29) is 58.0 Å². The molecule has 4 aromatic heterocycles. The second-order valence-corrected chi connectivity index (χ2v) is 11.5. The summed E-state index contributed by atoms with van der Waals surface area (Å²) >= 11 is 1.12. The largest absolute Gasteiger partial charge is 2.00 e. The number of carbonyl (C=O) groups excluding carboxylic acids is 1. The molecule has 1 saturated carbocycles. The summed E-state index contributed by atoms with van der Waals surface area (Å²) in [6.07, 6.45) is 6.50. The fraction of sp³-hybridized carbons (Fsp3) is 0.400. The minimum atomic E-state index is -5.23. The van der Waals surface area contributed by atoms with Crippen molar-refractivity contribution in [3.05, 3.63) is 53.6 Å². The van der Waals surface area contributed by atoms with Gasteiger partial charge in [0, 0.05) is 29.9 Å². The summed E-state index contributed by atoms with van der Waals surface area (Å²) in [6.45, 7) is 3.90. The van der Waals surface area contributed by atoms with E-state index in [1.54, 1.807) is 10.9 Å². The molecule has 0 saturated heterocycles. The molecule has 13 nitrogen and oxygen atoms in total. The van der Waals surface area contributed by atoms with Gasteiger partial charge in [-0.15, -0.1) is 11.3 Å². The summed E-state index contributed by atoms with van der Waals surface area (Å²) in [7, 11) is -5.23.